The molecule has 1 aromatic rings. The third-order valence-electron chi connectivity index (χ3n) is 2.68. The average molecular weight is 238 g/mol. The maximum Gasteiger partial charge on any atom is 0.271 e. The molecule has 0 bridgehead atoms. The Hall–Kier alpha value is -1.82. The highest BCUT2D eigenvalue weighted by Crippen LogP contribution is 2.30. The first kappa shape index (κ1) is 11.7. The molecule has 0 aliphatic carbocycles. The van der Waals surface area contributed by atoms with Crippen molar-refractivity contribution in [3.05, 3.63) is 28.3 Å². The van der Waals surface area contributed by atoms with Gasteiger partial charge in [-0.1, -0.05) is 0 Å². The highest BCUT2D eigenvalue weighted by atomic mass is 16.6. The summed E-state index contributed by atoms with van der Waals surface area (Å²) >= 11 is 0. The van der Waals surface area contributed by atoms with Crippen LogP contribution in [-0.4, -0.2) is 31.3 Å². The van der Waals surface area contributed by atoms with Crippen LogP contribution in [0, 0.1) is 10.1 Å². The fraction of sp³-hybridized carbons (Fsp3) is 0.455. The second kappa shape index (κ2) is 5.01. The van der Waals surface area contributed by atoms with Crippen LogP contribution in [0.1, 0.15) is 6.42 Å². The van der Waals surface area contributed by atoms with Crippen molar-refractivity contribution in [2.24, 2.45) is 0 Å². The lowest BCUT2D eigenvalue weighted by Crippen LogP contribution is -2.19. The molecule has 1 aromatic carbocycles. The van der Waals surface area contributed by atoms with Gasteiger partial charge in [-0.05, 0) is 12.5 Å². The van der Waals surface area contributed by atoms with Gasteiger partial charge in [0.1, 0.15) is 5.75 Å². The van der Waals surface area contributed by atoms with Gasteiger partial charge in [-0.25, -0.2) is 0 Å². The Kier molecular flexibility index (Phi) is 3.43. The van der Waals surface area contributed by atoms with Crippen LogP contribution in [0.3, 0.4) is 0 Å². The molecule has 0 amide bonds. The smallest absolute Gasteiger partial charge is 0.271 e. The number of hydrogen-bond acceptors (Lipinski definition) is 5. The van der Waals surface area contributed by atoms with Crippen LogP contribution in [0.4, 0.5) is 11.4 Å². The summed E-state index contributed by atoms with van der Waals surface area (Å²) in [7, 11) is 1.54. The lowest BCUT2D eigenvalue weighted by atomic mass is 10.2. The molecule has 0 aromatic heterocycles. The maximum atomic E-state index is 10.7. The third-order valence-corrected chi connectivity index (χ3v) is 2.68. The molecule has 1 unspecified atom stereocenters. The van der Waals surface area contributed by atoms with Gasteiger partial charge in [0.15, 0.2) is 0 Å². The van der Waals surface area contributed by atoms with E-state index in [0.29, 0.717) is 18.0 Å². The molecular weight excluding hydrogens is 224 g/mol. The maximum absolute atomic E-state index is 10.7. The molecule has 0 saturated carbocycles. The molecule has 2 rings (SSSR count). The summed E-state index contributed by atoms with van der Waals surface area (Å²) < 4.78 is 10.4. The van der Waals surface area contributed by atoms with Crippen LogP contribution in [-0.2, 0) is 4.74 Å². The summed E-state index contributed by atoms with van der Waals surface area (Å²) in [6.45, 7) is 1.33. The Labute approximate surface area is 98.7 Å². The minimum absolute atomic E-state index is 0.0483. The van der Waals surface area contributed by atoms with Gasteiger partial charge in [-0.15, -0.1) is 0 Å². The van der Waals surface area contributed by atoms with E-state index >= 15 is 0 Å². The third kappa shape index (κ3) is 2.65. The molecule has 0 radical (unpaired) electrons. The van der Waals surface area contributed by atoms with Crippen LogP contribution in [0.25, 0.3) is 0 Å². The molecule has 1 saturated heterocycles. The Morgan fingerprint density at radius 3 is 3.00 bits per heavy atom. The van der Waals surface area contributed by atoms with Crippen molar-refractivity contribution >= 4 is 11.4 Å². The highest BCUT2D eigenvalue weighted by molar-refractivity contribution is 5.62. The van der Waals surface area contributed by atoms with Crippen molar-refractivity contribution in [2.45, 2.75) is 12.5 Å². The number of ether oxygens (including phenoxy) is 2. The van der Waals surface area contributed by atoms with Crippen molar-refractivity contribution in [3.8, 4) is 5.75 Å². The highest BCUT2D eigenvalue weighted by Gasteiger charge is 2.18. The minimum atomic E-state index is -0.421. The number of hydrogen-bond donors (Lipinski definition) is 1. The van der Waals surface area contributed by atoms with E-state index in [1.807, 2.05) is 0 Å². The zero-order chi connectivity index (χ0) is 12.3. The first-order valence-corrected chi connectivity index (χ1v) is 5.37. The van der Waals surface area contributed by atoms with Gasteiger partial charge in [-0.2, -0.15) is 0 Å². The molecule has 1 fully saturated rings. The molecule has 0 spiro atoms. The van der Waals surface area contributed by atoms with Crippen molar-refractivity contribution < 1.29 is 14.4 Å². The van der Waals surface area contributed by atoms with Gasteiger partial charge in [0.25, 0.3) is 5.69 Å². The van der Waals surface area contributed by atoms with Gasteiger partial charge in [-0.3, -0.25) is 10.1 Å². The molecule has 1 aliphatic heterocycles. The van der Waals surface area contributed by atoms with Crippen LogP contribution in [0.15, 0.2) is 18.2 Å². The predicted octanol–water partition coefficient (Wildman–Crippen LogP) is 1.80. The number of rotatable bonds is 4. The summed E-state index contributed by atoms with van der Waals surface area (Å²) in [5.74, 6) is 0.600. The van der Waals surface area contributed by atoms with Crippen molar-refractivity contribution in [3.63, 3.8) is 0 Å². The zero-order valence-electron chi connectivity index (χ0n) is 9.51. The van der Waals surface area contributed by atoms with Gasteiger partial charge in [0.2, 0.25) is 0 Å². The molecule has 1 aliphatic rings. The van der Waals surface area contributed by atoms with Crippen LogP contribution >= 0.6 is 0 Å². The lowest BCUT2D eigenvalue weighted by Gasteiger charge is -2.15. The second-order valence-electron chi connectivity index (χ2n) is 3.85. The van der Waals surface area contributed by atoms with E-state index in [1.165, 1.54) is 19.2 Å². The van der Waals surface area contributed by atoms with Gasteiger partial charge in [0, 0.05) is 18.7 Å². The number of nitrogens with one attached hydrogen (secondary N) is 1. The number of benzene rings is 1. The average Bonchev–Trinajstić information content (AvgIpc) is 2.81. The molecule has 1 N–H and O–H groups in total. The minimum Gasteiger partial charge on any atom is -0.495 e. The van der Waals surface area contributed by atoms with E-state index in [0.717, 1.165) is 13.0 Å². The number of methoxy groups -OCH3 is 1. The Morgan fingerprint density at radius 2 is 2.41 bits per heavy atom. The number of nitro groups is 1. The topological polar surface area (TPSA) is 73.6 Å². The number of non-ortho nitro benzene ring substituents is 1. The van der Waals surface area contributed by atoms with Gasteiger partial charge >= 0.3 is 0 Å². The molecule has 92 valence electrons. The van der Waals surface area contributed by atoms with Crippen molar-refractivity contribution in [1.29, 1.82) is 0 Å². The summed E-state index contributed by atoms with van der Waals surface area (Å²) in [6, 6.07) is 4.69. The monoisotopic (exact) mass is 238 g/mol. The summed E-state index contributed by atoms with van der Waals surface area (Å²) in [5.41, 5.74) is 0.685. The van der Waals surface area contributed by atoms with E-state index in [2.05, 4.69) is 5.32 Å². The molecule has 1 atom stereocenters. The van der Waals surface area contributed by atoms with Gasteiger partial charge < -0.3 is 14.8 Å². The summed E-state index contributed by atoms with van der Waals surface area (Å²) in [4.78, 5) is 10.3. The zero-order valence-corrected chi connectivity index (χ0v) is 9.51. The molecule has 6 nitrogen and oxygen atoms in total. The standard InChI is InChI=1S/C11H14N2O4/c1-16-11-3-2-9(13(14)15)6-10(11)12-8-4-5-17-7-8/h2-3,6,8,12H,4-5,7H2,1H3. The number of nitro benzene ring substituents is 1. The Balaban J connectivity index is 2.21. The summed E-state index contributed by atoms with van der Waals surface area (Å²) in [6.07, 6.45) is 0.895. The van der Waals surface area contributed by atoms with Crippen molar-refractivity contribution in [1.82, 2.24) is 0 Å². The molecular formula is C11H14N2O4. The fourth-order valence-corrected chi connectivity index (χ4v) is 1.79. The fourth-order valence-electron chi connectivity index (χ4n) is 1.79. The predicted molar refractivity (Wildman–Crippen MR) is 62.5 cm³/mol. The van der Waals surface area contributed by atoms with E-state index < -0.39 is 4.92 Å². The largest absolute Gasteiger partial charge is 0.495 e. The number of nitrogens with zero attached hydrogens (tertiary/aromatic N) is 1. The van der Waals surface area contributed by atoms with Crippen LogP contribution in [0.2, 0.25) is 0 Å². The van der Waals surface area contributed by atoms with Crippen LogP contribution in [0.5, 0.6) is 5.75 Å². The van der Waals surface area contributed by atoms with E-state index in [9.17, 15) is 10.1 Å². The quantitative estimate of drug-likeness (QED) is 0.639. The first-order valence-electron chi connectivity index (χ1n) is 5.37. The SMILES string of the molecule is COc1ccc([N+](=O)[O-])cc1NC1CCOC1. The van der Waals surface area contributed by atoms with E-state index in [-0.39, 0.29) is 11.7 Å². The normalized spacial score (nSPS) is 19.0. The first-order chi connectivity index (χ1) is 8.20. The van der Waals surface area contributed by atoms with E-state index in [4.69, 9.17) is 9.47 Å². The van der Waals surface area contributed by atoms with Crippen molar-refractivity contribution in [2.75, 3.05) is 25.6 Å². The molecule has 6 heteroatoms. The molecule has 1 heterocycles. The summed E-state index contributed by atoms with van der Waals surface area (Å²) in [5, 5.41) is 13.9. The Bertz CT molecular complexity index is 416. The molecule has 17 heavy (non-hydrogen) atoms. The second-order valence-corrected chi connectivity index (χ2v) is 3.85. The van der Waals surface area contributed by atoms with Crippen LogP contribution < -0.4 is 10.1 Å². The lowest BCUT2D eigenvalue weighted by molar-refractivity contribution is -0.384. The Morgan fingerprint density at radius 1 is 1.59 bits per heavy atom. The van der Waals surface area contributed by atoms with Gasteiger partial charge in [0.05, 0.1) is 30.4 Å². The van der Waals surface area contributed by atoms with E-state index in [1.54, 1.807) is 6.07 Å². The number of anilines is 1.